The molecule has 3 rings (SSSR count). The van der Waals surface area contributed by atoms with Crippen LogP contribution in [0.1, 0.15) is 26.2 Å². The zero-order valence-corrected chi connectivity index (χ0v) is 14.3. The molecule has 24 heavy (non-hydrogen) atoms. The van der Waals surface area contributed by atoms with E-state index in [0.29, 0.717) is 18.9 Å². The van der Waals surface area contributed by atoms with Crippen molar-refractivity contribution in [3.8, 4) is 0 Å². The zero-order chi connectivity index (χ0) is 16.9. The summed E-state index contributed by atoms with van der Waals surface area (Å²) in [6.07, 6.45) is 7.40. The second-order valence-corrected chi connectivity index (χ2v) is 6.41. The third-order valence-corrected chi connectivity index (χ3v) is 4.67. The highest BCUT2D eigenvalue weighted by Crippen LogP contribution is 2.12. The molecule has 1 aromatic rings. The number of hydrogen-bond acceptors (Lipinski definition) is 4. The van der Waals surface area contributed by atoms with Crippen LogP contribution in [0.4, 0.5) is 10.5 Å². The standard InChI is InChI=1S/C16H26N6O2/c1-2-20-13-21(12-15(20)23)16(24)18-14-10-17-22(11-14)9-8-19-6-4-3-5-7-19/h10-11H,2-9,12-13H2,1H3,(H,18,24). The van der Waals surface area contributed by atoms with Gasteiger partial charge in [0.15, 0.2) is 0 Å². The third kappa shape index (κ3) is 4.05. The molecule has 132 valence electrons. The normalized spacial score (nSPS) is 19.1. The minimum absolute atomic E-state index is 0.00937. The maximum atomic E-state index is 12.2. The van der Waals surface area contributed by atoms with E-state index in [1.807, 2.05) is 17.8 Å². The van der Waals surface area contributed by atoms with Crippen LogP contribution >= 0.6 is 0 Å². The lowest BCUT2D eigenvalue weighted by atomic mass is 10.1. The van der Waals surface area contributed by atoms with Crippen LogP contribution in [0.3, 0.4) is 0 Å². The number of nitrogens with one attached hydrogen (secondary N) is 1. The lowest BCUT2D eigenvalue weighted by Gasteiger charge is -2.26. The highest BCUT2D eigenvalue weighted by atomic mass is 16.2. The van der Waals surface area contributed by atoms with E-state index in [9.17, 15) is 9.59 Å². The molecule has 1 N–H and O–H groups in total. The van der Waals surface area contributed by atoms with Crippen LogP contribution in [0.5, 0.6) is 0 Å². The van der Waals surface area contributed by atoms with Crippen molar-refractivity contribution < 1.29 is 9.59 Å². The molecule has 3 amide bonds. The number of aromatic nitrogens is 2. The van der Waals surface area contributed by atoms with Crippen LogP contribution in [0, 0.1) is 0 Å². The first-order valence-corrected chi connectivity index (χ1v) is 8.74. The summed E-state index contributed by atoms with van der Waals surface area (Å²) in [4.78, 5) is 29.5. The summed E-state index contributed by atoms with van der Waals surface area (Å²) in [6.45, 7) is 7.17. The molecule has 0 unspecified atom stereocenters. The van der Waals surface area contributed by atoms with Gasteiger partial charge in [-0.1, -0.05) is 6.42 Å². The van der Waals surface area contributed by atoms with Crippen molar-refractivity contribution in [3.05, 3.63) is 12.4 Å². The van der Waals surface area contributed by atoms with Crippen molar-refractivity contribution in [1.82, 2.24) is 24.5 Å². The van der Waals surface area contributed by atoms with Crippen LogP contribution in [-0.2, 0) is 11.3 Å². The van der Waals surface area contributed by atoms with Crippen LogP contribution in [0.15, 0.2) is 12.4 Å². The molecule has 0 aromatic carbocycles. The molecule has 1 aromatic heterocycles. The number of nitrogens with zero attached hydrogens (tertiary/aromatic N) is 5. The Kier molecular flexibility index (Phi) is 5.34. The molecule has 2 aliphatic rings. The number of carbonyl (C=O) groups is 2. The quantitative estimate of drug-likeness (QED) is 0.873. The van der Waals surface area contributed by atoms with Crippen LogP contribution in [-0.4, -0.2) is 75.8 Å². The monoisotopic (exact) mass is 334 g/mol. The number of amides is 3. The van der Waals surface area contributed by atoms with Crippen molar-refractivity contribution in [1.29, 1.82) is 0 Å². The lowest BCUT2D eigenvalue weighted by Crippen LogP contribution is -2.34. The van der Waals surface area contributed by atoms with Gasteiger partial charge < -0.3 is 15.1 Å². The second kappa shape index (κ2) is 7.65. The number of likely N-dealkylation sites (N-methyl/N-ethyl adjacent to an activating group) is 1. The molecule has 2 aliphatic heterocycles. The number of anilines is 1. The molecule has 8 heteroatoms. The number of hydrogen-bond donors (Lipinski definition) is 1. The Hall–Kier alpha value is -2.09. The summed E-state index contributed by atoms with van der Waals surface area (Å²) in [5.74, 6) is -0.00937. The van der Waals surface area contributed by atoms with Gasteiger partial charge in [-0.3, -0.25) is 14.4 Å². The van der Waals surface area contributed by atoms with Crippen LogP contribution in [0.25, 0.3) is 0 Å². The molecule has 0 bridgehead atoms. The Morgan fingerprint density at radius 1 is 1.25 bits per heavy atom. The molecule has 8 nitrogen and oxygen atoms in total. The molecule has 0 radical (unpaired) electrons. The van der Waals surface area contributed by atoms with Gasteiger partial charge in [-0.05, 0) is 32.9 Å². The summed E-state index contributed by atoms with van der Waals surface area (Å²) < 4.78 is 1.86. The predicted octanol–water partition coefficient (Wildman–Crippen LogP) is 1.02. The Morgan fingerprint density at radius 3 is 2.75 bits per heavy atom. The van der Waals surface area contributed by atoms with E-state index >= 15 is 0 Å². The first-order chi connectivity index (χ1) is 11.7. The lowest BCUT2D eigenvalue weighted by molar-refractivity contribution is -0.126. The second-order valence-electron chi connectivity index (χ2n) is 6.41. The molecule has 0 spiro atoms. The van der Waals surface area contributed by atoms with E-state index < -0.39 is 0 Å². The summed E-state index contributed by atoms with van der Waals surface area (Å²) in [5.41, 5.74) is 0.668. The fourth-order valence-electron chi connectivity index (χ4n) is 3.19. The first kappa shape index (κ1) is 16.8. The van der Waals surface area contributed by atoms with Gasteiger partial charge in [-0.15, -0.1) is 0 Å². The topological polar surface area (TPSA) is 73.7 Å². The average Bonchev–Trinajstić information content (AvgIpc) is 3.20. The average molecular weight is 334 g/mol. The maximum absolute atomic E-state index is 12.2. The first-order valence-electron chi connectivity index (χ1n) is 8.74. The van der Waals surface area contributed by atoms with E-state index in [1.165, 1.54) is 37.3 Å². The van der Waals surface area contributed by atoms with E-state index in [-0.39, 0.29) is 18.5 Å². The molecule has 3 heterocycles. The number of piperidine rings is 1. The molecule has 0 atom stereocenters. The number of urea groups is 1. The predicted molar refractivity (Wildman–Crippen MR) is 90.5 cm³/mol. The van der Waals surface area contributed by atoms with E-state index in [4.69, 9.17) is 0 Å². The summed E-state index contributed by atoms with van der Waals surface area (Å²) in [6, 6.07) is -0.255. The van der Waals surface area contributed by atoms with E-state index in [0.717, 1.165) is 13.1 Å². The van der Waals surface area contributed by atoms with Crippen molar-refractivity contribution in [2.24, 2.45) is 0 Å². The Labute approximate surface area is 142 Å². The van der Waals surface area contributed by atoms with Crippen molar-refractivity contribution in [2.75, 3.05) is 44.7 Å². The van der Waals surface area contributed by atoms with Gasteiger partial charge in [-0.25, -0.2) is 4.79 Å². The fraction of sp³-hybridized carbons (Fsp3) is 0.688. The van der Waals surface area contributed by atoms with Gasteiger partial charge in [0.05, 0.1) is 25.1 Å². The van der Waals surface area contributed by atoms with Crippen LogP contribution < -0.4 is 5.32 Å². The van der Waals surface area contributed by atoms with Gasteiger partial charge in [0.1, 0.15) is 6.54 Å². The molecule has 0 saturated carbocycles. The fourth-order valence-corrected chi connectivity index (χ4v) is 3.19. The minimum atomic E-state index is -0.255. The van der Waals surface area contributed by atoms with Crippen molar-refractivity contribution >= 4 is 17.6 Å². The Balaban J connectivity index is 1.47. The summed E-state index contributed by atoms with van der Waals surface area (Å²) in [5, 5.41) is 7.12. The summed E-state index contributed by atoms with van der Waals surface area (Å²) in [7, 11) is 0. The highest BCUT2D eigenvalue weighted by Gasteiger charge is 2.29. The maximum Gasteiger partial charge on any atom is 0.323 e. The SMILES string of the molecule is CCN1CN(C(=O)Nc2cnn(CCN3CCCCC3)c2)CC1=O. The third-order valence-electron chi connectivity index (χ3n) is 4.67. The van der Waals surface area contributed by atoms with E-state index in [1.54, 1.807) is 11.1 Å². The largest absolute Gasteiger partial charge is 0.324 e. The van der Waals surface area contributed by atoms with Crippen LogP contribution in [0.2, 0.25) is 0 Å². The van der Waals surface area contributed by atoms with Gasteiger partial charge >= 0.3 is 6.03 Å². The number of carbonyl (C=O) groups excluding carboxylic acids is 2. The van der Waals surface area contributed by atoms with Gasteiger partial charge in [0.25, 0.3) is 0 Å². The summed E-state index contributed by atoms with van der Waals surface area (Å²) >= 11 is 0. The number of rotatable bonds is 5. The minimum Gasteiger partial charge on any atom is -0.324 e. The molecule has 0 aliphatic carbocycles. The van der Waals surface area contributed by atoms with Gasteiger partial charge in [-0.2, -0.15) is 5.10 Å². The van der Waals surface area contributed by atoms with E-state index in [2.05, 4.69) is 15.3 Å². The highest BCUT2D eigenvalue weighted by molar-refractivity contribution is 5.93. The van der Waals surface area contributed by atoms with Gasteiger partial charge in [0.2, 0.25) is 5.91 Å². The zero-order valence-electron chi connectivity index (χ0n) is 14.3. The molecule has 2 saturated heterocycles. The van der Waals surface area contributed by atoms with Gasteiger partial charge in [0, 0.05) is 19.3 Å². The molecular weight excluding hydrogens is 308 g/mol. The Bertz CT molecular complexity index is 581. The molecular formula is C16H26N6O2. The smallest absolute Gasteiger partial charge is 0.323 e. The van der Waals surface area contributed by atoms with Crippen molar-refractivity contribution in [2.45, 2.75) is 32.7 Å². The molecule has 2 fully saturated rings. The Morgan fingerprint density at radius 2 is 2.04 bits per heavy atom. The number of likely N-dealkylation sites (tertiary alicyclic amines) is 1. The van der Waals surface area contributed by atoms with Crippen molar-refractivity contribution in [3.63, 3.8) is 0 Å².